The number of aromatic hydroxyl groups is 2. The number of carbonyl (C=O) groups excluding carboxylic acids is 6. The van der Waals surface area contributed by atoms with Gasteiger partial charge in [0.05, 0.1) is 33.9 Å². The number of ether oxygens (including phenoxy) is 3. The van der Waals surface area contributed by atoms with Gasteiger partial charge in [-0.3, -0.25) is 14.4 Å². The van der Waals surface area contributed by atoms with Gasteiger partial charge < -0.3 is 39.7 Å². The Morgan fingerprint density at radius 1 is 0.578 bits per heavy atom. The lowest BCUT2D eigenvalue weighted by atomic mass is 9.95. The summed E-state index contributed by atoms with van der Waals surface area (Å²) in [6.45, 7) is 0.132. The molecule has 2 amide bonds. The van der Waals surface area contributed by atoms with Gasteiger partial charge in [0.25, 0.3) is 11.8 Å². The number of amides is 2. The minimum atomic E-state index is -1.57. The summed E-state index contributed by atoms with van der Waals surface area (Å²) in [7, 11) is 0. The number of nitrogens with one attached hydrogen (secondary N) is 1. The molecule has 1 aliphatic heterocycles. The zero-order chi connectivity index (χ0) is 45.3. The maximum atomic E-state index is 14.1. The highest BCUT2D eigenvalue weighted by atomic mass is 16.6. The Morgan fingerprint density at radius 3 is 1.78 bits per heavy atom. The second-order valence-corrected chi connectivity index (χ2v) is 14.5. The van der Waals surface area contributed by atoms with Gasteiger partial charge in [0.15, 0.2) is 0 Å². The summed E-state index contributed by atoms with van der Waals surface area (Å²) in [6, 6.07) is 34.3. The van der Waals surface area contributed by atoms with E-state index in [0.29, 0.717) is 17.5 Å². The maximum absolute atomic E-state index is 14.1. The van der Waals surface area contributed by atoms with E-state index in [2.05, 4.69) is 5.32 Å². The number of aromatic carboxylic acids is 1. The van der Waals surface area contributed by atoms with E-state index in [1.54, 1.807) is 78.9 Å². The summed E-state index contributed by atoms with van der Waals surface area (Å²) in [5.74, 6) is -8.57. The van der Waals surface area contributed by atoms with Crippen LogP contribution >= 0.6 is 0 Å². The van der Waals surface area contributed by atoms with Gasteiger partial charge in [0.1, 0.15) is 34.7 Å². The summed E-state index contributed by atoms with van der Waals surface area (Å²) < 4.78 is 17.0. The van der Waals surface area contributed by atoms with Crippen LogP contribution in [0.4, 0.5) is 0 Å². The number of carboxylic acid groups (broad SMARTS) is 1. The number of carbonyl (C=O) groups is 7. The van der Waals surface area contributed by atoms with Gasteiger partial charge in [-0.25, -0.2) is 19.2 Å². The Labute approximate surface area is 365 Å². The van der Waals surface area contributed by atoms with Crippen molar-refractivity contribution in [3.63, 3.8) is 0 Å². The van der Waals surface area contributed by atoms with Crippen LogP contribution in [0.15, 0.2) is 146 Å². The molecule has 0 aliphatic carbocycles. The van der Waals surface area contributed by atoms with Gasteiger partial charge in [-0.15, -0.1) is 0 Å². The maximum Gasteiger partial charge on any atom is 0.343 e. The van der Waals surface area contributed by atoms with E-state index in [-0.39, 0.29) is 42.3 Å². The summed E-state index contributed by atoms with van der Waals surface area (Å²) in [5.41, 5.74) is -1.57. The van der Waals surface area contributed by atoms with Crippen LogP contribution < -0.4 is 14.8 Å². The molecule has 2 atom stereocenters. The molecule has 2 unspecified atom stereocenters. The van der Waals surface area contributed by atoms with E-state index in [1.165, 1.54) is 47.4 Å². The molecule has 1 aliphatic rings. The zero-order valence-corrected chi connectivity index (χ0v) is 33.7. The molecule has 0 bridgehead atoms. The first-order chi connectivity index (χ1) is 30.9. The molecule has 1 saturated heterocycles. The summed E-state index contributed by atoms with van der Waals surface area (Å²) >= 11 is 0. The number of nitrogens with zero attached hydrogens (tertiary/aromatic N) is 1. The van der Waals surface area contributed by atoms with Gasteiger partial charge in [-0.2, -0.15) is 0 Å². The molecule has 0 spiro atoms. The fraction of sp³-hybridized carbons (Fsp3) is 0.122. The van der Waals surface area contributed by atoms with Crippen molar-refractivity contribution in [2.45, 2.75) is 25.0 Å². The number of rotatable bonds is 12. The molecule has 6 aromatic carbocycles. The third-order valence-corrected chi connectivity index (χ3v) is 10.3. The first-order valence-electron chi connectivity index (χ1n) is 19.9. The molecule has 6 aromatic rings. The molecule has 15 nitrogen and oxygen atoms in total. The fourth-order valence-corrected chi connectivity index (χ4v) is 7.07. The number of hydrogen-bond acceptors (Lipinski definition) is 12. The number of phenolic OH excluding ortho intramolecular Hbond substituents is 2. The lowest BCUT2D eigenvalue weighted by Crippen LogP contribution is -2.51. The molecule has 64 heavy (non-hydrogen) atoms. The smallest absolute Gasteiger partial charge is 0.343 e. The number of benzene rings is 6. The standard InChI is InChI=1S/C49H38N2O13/c52-37-19-10-18-35(46(57)58)41(37)43(54)42-38(53)26-33(27-40(42)64-48(60)32-16-8-3-9-17-32)49(61)63-39-20-11-25-51(45(56)30-12-4-1-5-13-30)28-36(39)50-44(55)29-21-23-34(24-22-29)62-47(59)31-14-6-2-7-15-31/h1-10,12-19,21-24,26-27,36,39,52-53H,11,20,25,28H2,(H,50,55)(H,57,58). The van der Waals surface area contributed by atoms with Gasteiger partial charge in [0, 0.05) is 24.2 Å². The number of carboxylic acids is 1. The Morgan fingerprint density at radius 2 is 1.17 bits per heavy atom. The van der Waals surface area contributed by atoms with E-state index in [1.807, 2.05) is 0 Å². The molecular weight excluding hydrogens is 825 g/mol. The summed E-state index contributed by atoms with van der Waals surface area (Å²) in [6.07, 6.45) is -0.614. The van der Waals surface area contributed by atoms with Crippen molar-refractivity contribution < 1.29 is 63.1 Å². The minimum Gasteiger partial charge on any atom is -0.507 e. The predicted molar refractivity (Wildman–Crippen MR) is 228 cm³/mol. The Bertz CT molecular complexity index is 2740. The second-order valence-electron chi connectivity index (χ2n) is 14.5. The fourth-order valence-electron chi connectivity index (χ4n) is 7.07. The molecule has 0 aromatic heterocycles. The molecule has 0 radical (unpaired) electrons. The van der Waals surface area contributed by atoms with Gasteiger partial charge >= 0.3 is 23.9 Å². The van der Waals surface area contributed by atoms with Crippen molar-refractivity contribution in [1.29, 1.82) is 0 Å². The van der Waals surface area contributed by atoms with Crippen molar-refractivity contribution in [1.82, 2.24) is 10.2 Å². The molecule has 1 fully saturated rings. The Hall–Kier alpha value is -8.59. The first-order valence-corrected chi connectivity index (χ1v) is 19.9. The van der Waals surface area contributed by atoms with Crippen LogP contribution in [0.2, 0.25) is 0 Å². The Kier molecular flexibility index (Phi) is 13.2. The lowest BCUT2D eigenvalue weighted by molar-refractivity contribution is 0.0176. The highest BCUT2D eigenvalue weighted by molar-refractivity contribution is 6.19. The predicted octanol–water partition coefficient (Wildman–Crippen LogP) is 6.73. The van der Waals surface area contributed by atoms with E-state index >= 15 is 0 Å². The average molecular weight is 863 g/mol. The third kappa shape index (κ3) is 9.95. The highest BCUT2D eigenvalue weighted by Gasteiger charge is 2.35. The van der Waals surface area contributed by atoms with Crippen molar-refractivity contribution in [3.8, 4) is 23.0 Å². The number of ketones is 1. The van der Waals surface area contributed by atoms with Gasteiger partial charge in [-0.05, 0) is 97.8 Å². The highest BCUT2D eigenvalue weighted by Crippen LogP contribution is 2.36. The molecular formula is C49H38N2O13. The van der Waals surface area contributed by atoms with Crippen LogP contribution in [0.25, 0.3) is 0 Å². The number of hydrogen-bond donors (Lipinski definition) is 4. The van der Waals surface area contributed by atoms with Crippen LogP contribution in [0.1, 0.15) is 90.9 Å². The molecule has 4 N–H and O–H groups in total. The van der Waals surface area contributed by atoms with E-state index in [9.17, 15) is 48.9 Å². The van der Waals surface area contributed by atoms with Gasteiger partial charge in [0.2, 0.25) is 5.78 Å². The number of esters is 3. The lowest BCUT2D eigenvalue weighted by Gasteiger charge is -2.29. The summed E-state index contributed by atoms with van der Waals surface area (Å²) in [4.78, 5) is 95.1. The van der Waals surface area contributed by atoms with Crippen LogP contribution in [0.5, 0.6) is 23.0 Å². The van der Waals surface area contributed by atoms with Crippen molar-refractivity contribution in [2.75, 3.05) is 13.1 Å². The largest absolute Gasteiger partial charge is 0.507 e. The van der Waals surface area contributed by atoms with Crippen molar-refractivity contribution >= 4 is 41.5 Å². The van der Waals surface area contributed by atoms with Crippen molar-refractivity contribution in [2.24, 2.45) is 0 Å². The first kappa shape index (κ1) is 43.5. The van der Waals surface area contributed by atoms with E-state index in [4.69, 9.17) is 14.2 Å². The average Bonchev–Trinajstić information content (AvgIpc) is 3.50. The molecule has 322 valence electrons. The number of phenols is 2. The van der Waals surface area contributed by atoms with E-state index in [0.717, 1.165) is 24.3 Å². The monoisotopic (exact) mass is 862 g/mol. The quantitative estimate of drug-likeness (QED) is 0.0570. The number of likely N-dealkylation sites (tertiary alicyclic amines) is 1. The zero-order valence-electron chi connectivity index (χ0n) is 33.7. The topological polar surface area (TPSA) is 223 Å². The molecule has 0 saturated carbocycles. The summed E-state index contributed by atoms with van der Waals surface area (Å²) in [5, 5.41) is 34.6. The molecule has 15 heteroatoms. The van der Waals surface area contributed by atoms with Gasteiger partial charge in [-0.1, -0.05) is 60.7 Å². The Balaban J connectivity index is 1.18. The van der Waals surface area contributed by atoms with Crippen molar-refractivity contribution in [3.05, 3.63) is 190 Å². The van der Waals surface area contributed by atoms with Crippen LogP contribution in [0.3, 0.4) is 0 Å². The molecule has 1 heterocycles. The minimum absolute atomic E-state index is 0.0247. The normalized spacial score (nSPS) is 14.6. The van der Waals surface area contributed by atoms with Crippen LogP contribution in [-0.4, -0.2) is 86.9 Å². The van der Waals surface area contributed by atoms with E-state index < -0.39 is 87.2 Å². The third-order valence-electron chi connectivity index (χ3n) is 10.3. The second kappa shape index (κ2) is 19.4. The molecule has 7 rings (SSSR count). The van der Waals surface area contributed by atoms with Crippen LogP contribution in [0, 0.1) is 0 Å². The van der Waals surface area contributed by atoms with Crippen LogP contribution in [-0.2, 0) is 4.74 Å². The SMILES string of the molecule is O=C(NC1CN(C(=O)c2ccccc2)CCCC1OC(=O)c1cc(O)c(C(=O)c2c(O)cccc2C(=O)O)c(OC(=O)c2ccccc2)c1)c1ccc(OC(=O)c2ccccc2)cc1.